The van der Waals surface area contributed by atoms with E-state index in [1.165, 1.54) is 23.9 Å². The predicted molar refractivity (Wildman–Crippen MR) is 78.7 cm³/mol. The summed E-state index contributed by atoms with van der Waals surface area (Å²) in [5.74, 6) is -0.459. The number of unbranched alkanes of at least 4 members (excludes halogenated alkanes) is 2. The van der Waals surface area contributed by atoms with Gasteiger partial charge >= 0.3 is 0 Å². The van der Waals surface area contributed by atoms with Crippen LogP contribution in [0, 0.1) is 5.82 Å². The Morgan fingerprint density at radius 2 is 2.21 bits per heavy atom. The molecule has 0 bridgehead atoms. The number of rotatable bonds is 7. The van der Waals surface area contributed by atoms with Crippen LogP contribution in [0.4, 0.5) is 10.1 Å². The summed E-state index contributed by atoms with van der Waals surface area (Å²) in [5, 5.41) is 2.64. The fraction of sp³-hybridized carbons (Fsp3) is 0.500. The molecule has 0 aromatic heterocycles. The fourth-order valence-electron chi connectivity index (χ4n) is 1.57. The number of hydrogen-bond acceptors (Lipinski definition) is 3. The van der Waals surface area contributed by atoms with E-state index >= 15 is 0 Å². The van der Waals surface area contributed by atoms with E-state index in [2.05, 4.69) is 12.2 Å². The average Bonchev–Trinajstić information content (AvgIpc) is 2.38. The van der Waals surface area contributed by atoms with Crippen molar-refractivity contribution in [2.75, 3.05) is 12.3 Å². The number of nitrogens with two attached hydrogens (primary N) is 1. The van der Waals surface area contributed by atoms with Gasteiger partial charge in [0.1, 0.15) is 5.82 Å². The molecule has 0 saturated carbocycles. The molecular weight excluding hydrogens is 263 g/mol. The molecule has 1 aromatic rings. The van der Waals surface area contributed by atoms with Crippen molar-refractivity contribution in [3.8, 4) is 0 Å². The molecule has 1 amide bonds. The third kappa shape index (κ3) is 5.51. The van der Waals surface area contributed by atoms with Crippen LogP contribution in [-0.4, -0.2) is 17.7 Å². The van der Waals surface area contributed by atoms with Gasteiger partial charge in [-0.3, -0.25) is 4.79 Å². The van der Waals surface area contributed by atoms with E-state index < -0.39 is 5.82 Å². The zero-order valence-electron chi connectivity index (χ0n) is 11.4. The number of nitrogens with one attached hydrogen (secondary N) is 1. The number of benzene rings is 1. The molecule has 1 aromatic carbocycles. The van der Waals surface area contributed by atoms with Crippen LogP contribution >= 0.6 is 11.8 Å². The number of halogens is 1. The Balaban J connectivity index is 2.42. The van der Waals surface area contributed by atoms with Crippen LogP contribution in [0.25, 0.3) is 0 Å². The van der Waals surface area contributed by atoms with Crippen LogP contribution in [0.5, 0.6) is 0 Å². The van der Waals surface area contributed by atoms with E-state index in [-0.39, 0.29) is 16.8 Å². The number of carbonyl (C=O) groups is 1. The van der Waals surface area contributed by atoms with E-state index in [0.29, 0.717) is 11.4 Å². The lowest BCUT2D eigenvalue weighted by Crippen LogP contribution is -2.31. The Bertz CT molecular complexity index is 426. The zero-order chi connectivity index (χ0) is 14.3. The molecule has 3 nitrogen and oxygen atoms in total. The standard InChI is InChI=1S/C14H21FN2OS/c1-3-4-5-8-17-14(18)10(2)19-11-6-7-13(16)12(15)9-11/h6-7,9-10H,3-5,8,16H2,1-2H3,(H,17,18). The molecule has 0 aliphatic carbocycles. The summed E-state index contributed by atoms with van der Waals surface area (Å²) in [6, 6.07) is 4.61. The fourth-order valence-corrected chi connectivity index (χ4v) is 2.49. The first-order valence-corrected chi connectivity index (χ1v) is 7.42. The van der Waals surface area contributed by atoms with Gasteiger partial charge in [-0.1, -0.05) is 19.8 Å². The minimum atomic E-state index is -0.444. The van der Waals surface area contributed by atoms with Gasteiger partial charge in [0.05, 0.1) is 10.9 Å². The van der Waals surface area contributed by atoms with Crippen LogP contribution in [0.2, 0.25) is 0 Å². The Kier molecular flexibility index (Phi) is 6.70. The maximum atomic E-state index is 13.3. The monoisotopic (exact) mass is 284 g/mol. The van der Waals surface area contributed by atoms with Crippen molar-refractivity contribution in [3.05, 3.63) is 24.0 Å². The minimum absolute atomic E-state index is 0.0154. The summed E-state index contributed by atoms with van der Waals surface area (Å²) < 4.78 is 13.3. The van der Waals surface area contributed by atoms with Crippen molar-refractivity contribution in [2.45, 2.75) is 43.3 Å². The molecule has 0 saturated heterocycles. The molecule has 1 atom stereocenters. The quantitative estimate of drug-likeness (QED) is 0.459. The van der Waals surface area contributed by atoms with Crippen molar-refractivity contribution in [1.82, 2.24) is 5.32 Å². The van der Waals surface area contributed by atoms with Gasteiger partial charge in [-0.05, 0) is 31.5 Å². The largest absolute Gasteiger partial charge is 0.396 e. The summed E-state index contributed by atoms with van der Waals surface area (Å²) in [6.45, 7) is 4.64. The smallest absolute Gasteiger partial charge is 0.233 e. The highest BCUT2D eigenvalue weighted by atomic mass is 32.2. The van der Waals surface area contributed by atoms with Gasteiger partial charge in [0.2, 0.25) is 5.91 Å². The molecule has 0 aliphatic heterocycles. The third-order valence-corrected chi connectivity index (χ3v) is 3.83. The molecule has 19 heavy (non-hydrogen) atoms. The van der Waals surface area contributed by atoms with E-state index in [0.717, 1.165) is 19.3 Å². The van der Waals surface area contributed by atoms with Gasteiger partial charge < -0.3 is 11.1 Å². The number of amides is 1. The maximum Gasteiger partial charge on any atom is 0.233 e. The van der Waals surface area contributed by atoms with Crippen molar-refractivity contribution < 1.29 is 9.18 Å². The first-order chi connectivity index (χ1) is 9.04. The van der Waals surface area contributed by atoms with Crippen molar-refractivity contribution in [3.63, 3.8) is 0 Å². The van der Waals surface area contributed by atoms with E-state index in [9.17, 15) is 9.18 Å². The average molecular weight is 284 g/mol. The number of nitrogen functional groups attached to an aromatic ring is 1. The molecule has 0 radical (unpaired) electrons. The third-order valence-electron chi connectivity index (χ3n) is 2.73. The first-order valence-electron chi connectivity index (χ1n) is 6.54. The molecule has 0 heterocycles. The zero-order valence-corrected chi connectivity index (χ0v) is 12.2. The van der Waals surface area contributed by atoms with Crippen LogP contribution in [0.3, 0.4) is 0 Å². The van der Waals surface area contributed by atoms with Gasteiger partial charge in [-0.2, -0.15) is 0 Å². The highest BCUT2D eigenvalue weighted by Gasteiger charge is 2.14. The Labute approximate surface area is 118 Å². The van der Waals surface area contributed by atoms with Gasteiger partial charge in [-0.25, -0.2) is 4.39 Å². The summed E-state index contributed by atoms with van der Waals surface area (Å²) >= 11 is 1.33. The van der Waals surface area contributed by atoms with Gasteiger partial charge in [0.25, 0.3) is 0 Å². The molecule has 5 heteroatoms. The number of hydrogen-bond donors (Lipinski definition) is 2. The second-order valence-corrected chi connectivity index (χ2v) is 5.86. The Hall–Kier alpha value is -1.23. The Morgan fingerprint density at radius 3 is 2.84 bits per heavy atom. The maximum absolute atomic E-state index is 13.3. The molecule has 0 aliphatic rings. The van der Waals surface area contributed by atoms with Gasteiger partial charge in [0.15, 0.2) is 0 Å². The highest BCUT2D eigenvalue weighted by Crippen LogP contribution is 2.25. The van der Waals surface area contributed by atoms with Gasteiger partial charge in [0, 0.05) is 11.4 Å². The molecule has 0 fully saturated rings. The van der Waals surface area contributed by atoms with Crippen LogP contribution in [-0.2, 0) is 4.79 Å². The Morgan fingerprint density at radius 1 is 1.47 bits per heavy atom. The molecule has 1 unspecified atom stereocenters. The lowest BCUT2D eigenvalue weighted by Gasteiger charge is -2.12. The topological polar surface area (TPSA) is 55.1 Å². The number of anilines is 1. The molecule has 106 valence electrons. The predicted octanol–water partition coefficient (Wildman–Crippen LogP) is 3.19. The number of thioether (sulfide) groups is 1. The second-order valence-electron chi connectivity index (χ2n) is 4.44. The normalized spacial score (nSPS) is 12.2. The summed E-state index contributed by atoms with van der Waals surface area (Å²) in [4.78, 5) is 12.5. The van der Waals surface area contributed by atoms with E-state index in [1.54, 1.807) is 6.07 Å². The lowest BCUT2D eigenvalue weighted by molar-refractivity contribution is -0.120. The molecular formula is C14H21FN2OS. The van der Waals surface area contributed by atoms with E-state index in [1.807, 2.05) is 6.92 Å². The lowest BCUT2D eigenvalue weighted by atomic mass is 10.2. The van der Waals surface area contributed by atoms with Gasteiger partial charge in [-0.15, -0.1) is 11.8 Å². The van der Waals surface area contributed by atoms with Crippen molar-refractivity contribution in [2.24, 2.45) is 0 Å². The van der Waals surface area contributed by atoms with Crippen LogP contribution in [0.1, 0.15) is 33.1 Å². The van der Waals surface area contributed by atoms with Crippen molar-refractivity contribution in [1.29, 1.82) is 0 Å². The number of carbonyl (C=O) groups excluding carboxylic acids is 1. The highest BCUT2D eigenvalue weighted by molar-refractivity contribution is 8.00. The molecule has 0 spiro atoms. The summed E-state index contributed by atoms with van der Waals surface area (Å²) in [7, 11) is 0. The van der Waals surface area contributed by atoms with Crippen LogP contribution in [0.15, 0.2) is 23.1 Å². The SMILES string of the molecule is CCCCCNC(=O)C(C)Sc1ccc(N)c(F)c1. The summed E-state index contributed by atoms with van der Waals surface area (Å²) in [5.41, 5.74) is 5.54. The van der Waals surface area contributed by atoms with Crippen LogP contribution < -0.4 is 11.1 Å². The summed E-state index contributed by atoms with van der Waals surface area (Å²) in [6.07, 6.45) is 3.24. The van der Waals surface area contributed by atoms with Crippen molar-refractivity contribution >= 4 is 23.4 Å². The van der Waals surface area contributed by atoms with E-state index in [4.69, 9.17) is 5.73 Å². The first kappa shape index (κ1) is 15.8. The second kappa shape index (κ2) is 8.04. The molecule has 3 N–H and O–H groups in total. The minimum Gasteiger partial charge on any atom is -0.396 e. The molecule has 1 rings (SSSR count).